The van der Waals surface area contributed by atoms with Crippen molar-refractivity contribution in [1.82, 2.24) is 0 Å². The van der Waals surface area contributed by atoms with Gasteiger partial charge in [0.1, 0.15) is 0 Å². The quantitative estimate of drug-likeness (QED) is 0.486. The molecule has 0 spiro atoms. The van der Waals surface area contributed by atoms with Gasteiger partial charge in [0.2, 0.25) is 0 Å². The summed E-state index contributed by atoms with van der Waals surface area (Å²) in [4.78, 5) is 4.58. The molecular weight excluding hydrogens is 255 g/mol. The number of rotatable bonds is 8. The third-order valence-electron chi connectivity index (χ3n) is 1.89. The second-order valence-electron chi connectivity index (χ2n) is 3.52. The van der Waals surface area contributed by atoms with Crippen LogP contribution in [-0.2, 0) is 3.07 Å². The molecule has 0 amide bonds. The first-order valence-corrected chi connectivity index (χ1v) is 12.1. The molecule has 2 heteroatoms. The fraction of sp³-hybridized carbons (Fsp3) is 1.00. The minimum atomic E-state index is -1.21. The summed E-state index contributed by atoms with van der Waals surface area (Å²) in [6.07, 6.45) is 8.23. The van der Waals surface area contributed by atoms with Crippen molar-refractivity contribution in [3.8, 4) is 0 Å². The molecule has 0 aromatic heterocycles. The van der Waals surface area contributed by atoms with Crippen LogP contribution in [0.3, 0.4) is 0 Å². The van der Waals surface area contributed by atoms with Crippen molar-refractivity contribution in [1.29, 1.82) is 0 Å². The summed E-state index contributed by atoms with van der Waals surface area (Å²) in [6, 6.07) is 0. The van der Waals surface area contributed by atoms with Gasteiger partial charge < -0.3 is 0 Å². The molecule has 0 saturated carbocycles. The molecule has 0 fully saturated rings. The molecule has 0 rings (SSSR count). The molecule has 1 radical (unpaired) electrons. The van der Waals surface area contributed by atoms with Gasteiger partial charge in [0.25, 0.3) is 0 Å². The third-order valence-corrected chi connectivity index (χ3v) is 4.12. The number of hydrogen-bond donors (Lipinski definition) is 0. The van der Waals surface area contributed by atoms with E-state index < -0.39 is 20.2 Å². The van der Waals surface area contributed by atoms with E-state index in [1.807, 2.05) is 0 Å². The normalized spacial score (nSPS) is 11.0. The molecule has 0 aromatic rings. The first kappa shape index (κ1) is 12.8. The van der Waals surface area contributed by atoms with Crippen LogP contribution in [-0.4, -0.2) is 26.8 Å². The summed E-state index contributed by atoms with van der Waals surface area (Å²) in [5.74, 6) is 0. The summed E-state index contributed by atoms with van der Waals surface area (Å²) >= 11 is -1.21. The molecule has 0 heterocycles. The fourth-order valence-corrected chi connectivity index (χ4v) is 2.74. The Morgan fingerprint density at radius 1 is 0.917 bits per heavy atom. The molecule has 73 valence electrons. The zero-order valence-corrected chi connectivity index (χ0v) is 11.7. The van der Waals surface area contributed by atoms with Gasteiger partial charge in [-0.1, -0.05) is 0 Å². The second-order valence-corrected chi connectivity index (χ2v) is 9.53. The SMILES string of the molecule is CCCCCCCC[O][Sn]([CH3])[CH3]. The Kier molecular flexibility index (Phi) is 10.5. The molecule has 0 saturated heterocycles. The van der Waals surface area contributed by atoms with Gasteiger partial charge in [0.15, 0.2) is 0 Å². The molecule has 12 heavy (non-hydrogen) atoms. The Labute approximate surface area is 85.2 Å². The number of hydrogen-bond acceptors (Lipinski definition) is 1. The van der Waals surface area contributed by atoms with E-state index in [2.05, 4.69) is 16.8 Å². The van der Waals surface area contributed by atoms with Crippen molar-refractivity contribution in [2.45, 2.75) is 55.3 Å². The average Bonchev–Trinajstić information content (AvgIpc) is 2.02. The second kappa shape index (κ2) is 9.84. The van der Waals surface area contributed by atoms with Gasteiger partial charge in [-0.3, -0.25) is 0 Å². The summed E-state index contributed by atoms with van der Waals surface area (Å²) in [7, 11) is 0. The van der Waals surface area contributed by atoms with Crippen LogP contribution in [0.15, 0.2) is 0 Å². The van der Waals surface area contributed by atoms with E-state index in [1.165, 1.54) is 38.5 Å². The van der Waals surface area contributed by atoms with Crippen LogP contribution < -0.4 is 0 Å². The first-order valence-electron chi connectivity index (χ1n) is 5.20. The van der Waals surface area contributed by atoms with E-state index in [1.54, 1.807) is 0 Å². The van der Waals surface area contributed by atoms with E-state index in [4.69, 9.17) is 3.07 Å². The zero-order chi connectivity index (χ0) is 9.23. The standard InChI is InChI=1S/C8H17O.2CH3.Sn/c1-2-3-4-5-6-7-8-9;;;/h2-8H2,1H3;2*1H3;/q-1;;;+1. The predicted octanol–water partition coefficient (Wildman–Crippen LogP) is 3.61. The van der Waals surface area contributed by atoms with Crippen LogP contribution in [0, 0.1) is 0 Å². The Hall–Kier alpha value is 0.759. The Bertz CT molecular complexity index is 83.9. The topological polar surface area (TPSA) is 9.23 Å². The van der Waals surface area contributed by atoms with E-state index in [0.717, 1.165) is 6.61 Å². The molecular formula is C10H23OSn. The molecule has 0 bridgehead atoms. The summed E-state index contributed by atoms with van der Waals surface area (Å²) in [6.45, 7) is 3.30. The summed E-state index contributed by atoms with van der Waals surface area (Å²) < 4.78 is 5.65. The Balaban J connectivity index is 2.82. The molecule has 0 aliphatic heterocycles. The molecule has 0 aliphatic rings. The van der Waals surface area contributed by atoms with Gasteiger partial charge in [-0.25, -0.2) is 0 Å². The molecule has 0 aromatic carbocycles. The molecule has 0 unspecified atom stereocenters. The maximum atomic E-state index is 5.65. The maximum absolute atomic E-state index is 5.65. The first-order chi connectivity index (χ1) is 5.77. The van der Waals surface area contributed by atoms with Crippen molar-refractivity contribution in [2.75, 3.05) is 6.61 Å². The minimum absolute atomic E-state index is 1.04. The van der Waals surface area contributed by atoms with E-state index in [0.29, 0.717) is 0 Å². The molecule has 0 aliphatic carbocycles. The van der Waals surface area contributed by atoms with Gasteiger partial charge >= 0.3 is 85.2 Å². The van der Waals surface area contributed by atoms with Crippen LogP contribution in [0.5, 0.6) is 0 Å². The van der Waals surface area contributed by atoms with Crippen molar-refractivity contribution in [3.63, 3.8) is 0 Å². The Morgan fingerprint density at radius 2 is 1.50 bits per heavy atom. The molecule has 1 nitrogen and oxygen atoms in total. The van der Waals surface area contributed by atoms with Crippen LogP contribution in [0.4, 0.5) is 0 Å². The Morgan fingerprint density at radius 3 is 2.08 bits per heavy atom. The van der Waals surface area contributed by atoms with Crippen LogP contribution in [0.2, 0.25) is 9.88 Å². The van der Waals surface area contributed by atoms with Crippen LogP contribution in [0.25, 0.3) is 0 Å². The summed E-state index contributed by atoms with van der Waals surface area (Å²) in [5, 5.41) is 0. The van der Waals surface area contributed by atoms with Crippen molar-refractivity contribution >= 4 is 20.2 Å². The van der Waals surface area contributed by atoms with Crippen molar-refractivity contribution in [2.24, 2.45) is 0 Å². The van der Waals surface area contributed by atoms with E-state index in [-0.39, 0.29) is 0 Å². The predicted molar refractivity (Wildman–Crippen MR) is 56.8 cm³/mol. The molecule has 0 N–H and O–H groups in total. The average molecular weight is 278 g/mol. The van der Waals surface area contributed by atoms with Crippen molar-refractivity contribution < 1.29 is 3.07 Å². The van der Waals surface area contributed by atoms with Gasteiger partial charge in [-0.15, -0.1) is 0 Å². The van der Waals surface area contributed by atoms with Gasteiger partial charge in [0.05, 0.1) is 0 Å². The third kappa shape index (κ3) is 10.8. The van der Waals surface area contributed by atoms with Gasteiger partial charge in [-0.05, 0) is 0 Å². The van der Waals surface area contributed by atoms with Crippen molar-refractivity contribution in [3.05, 3.63) is 0 Å². The molecule has 0 atom stereocenters. The monoisotopic (exact) mass is 279 g/mol. The van der Waals surface area contributed by atoms with E-state index in [9.17, 15) is 0 Å². The summed E-state index contributed by atoms with van der Waals surface area (Å²) in [5.41, 5.74) is 0. The number of unbranched alkanes of at least 4 members (excludes halogenated alkanes) is 5. The fourth-order valence-electron chi connectivity index (χ4n) is 1.16. The van der Waals surface area contributed by atoms with Crippen LogP contribution in [0.1, 0.15) is 45.4 Å². The zero-order valence-electron chi connectivity index (χ0n) is 8.86. The van der Waals surface area contributed by atoms with E-state index >= 15 is 0 Å². The van der Waals surface area contributed by atoms with Gasteiger partial charge in [-0.2, -0.15) is 0 Å². The van der Waals surface area contributed by atoms with Crippen LogP contribution >= 0.6 is 0 Å². The van der Waals surface area contributed by atoms with Gasteiger partial charge in [0, 0.05) is 0 Å².